The Morgan fingerprint density at radius 3 is 2.19 bits per heavy atom. The molecule has 3 amide bonds. The Morgan fingerprint density at radius 2 is 1.68 bits per heavy atom. The number of rotatable bonds is 12. The quantitative estimate of drug-likeness (QED) is 0.311. The molecule has 210 valence electrons. The molecule has 0 fully saturated rings. The molecule has 0 aliphatic heterocycles. The van der Waals surface area contributed by atoms with E-state index < -0.39 is 35.2 Å². The Hall–Kier alpha value is -2.77. The van der Waals surface area contributed by atoms with Crippen LogP contribution in [0.15, 0.2) is 18.2 Å². The summed E-state index contributed by atoms with van der Waals surface area (Å²) in [6.45, 7) is 19.0. The van der Waals surface area contributed by atoms with Crippen molar-refractivity contribution in [1.82, 2.24) is 15.5 Å². The number of amides is 3. The van der Waals surface area contributed by atoms with E-state index in [2.05, 4.69) is 17.6 Å². The van der Waals surface area contributed by atoms with E-state index in [1.807, 2.05) is 34.6 Å². The van der Waals surface area contributed by atoms with E-state index in [4.69, 9.17) is 4.74 Å². The minimum Gasteiger partial charge on any atom is -0.507 e. The van der Waals surface area contributed by atoms with Crippen molar-refractivity contribution in [2.24, 2.45) is 5.92 Å². The maximum Gasteiger partial charge on any atom is 0.408 e. The Morgan fingerprint density at radius 1 is 1.05 bits per heavy atom. The summed E-state index contributed by atoms with van der Waals surface area (Å²) in [4.78, 5) is 42.2. The molecule has 0 saturated carbocycles. The molecule has 0 radical (unpaired) electrons. The SMILES string of the molecule is CCCCCNC(=O)C(c1cccc(C)c1O)N(C(=O)C(NC(=O)OC(C)(C)C)C(C)C)C(C)(C)CC. The molecule has 0 saturated heterocycles. The van der Waals surface area contributed by atoms with Crippen LogP contribution in [0.25, 0.3) is 0 Å². The van der Waals surface area contributed by atoms with Crippen LogP contribution in [0.4, 0.5) is 4.79 Å². The number of phenols is 1. The lowest BCUT2D eigenvalue weighted by atomic mass is 9.89. The van der Waals surface area contributed by atoms with E-state index in [-0.39, 0.29) is 17.6 Å². The number of nitrogens with one attached hydrogen (secondary N) is 2. The zero-order valence-corrected chi connectivity index (χ0v) is 24.5. The molecule has 0 spiro atoms. The lowest BCUT2D eigenvalue weighted by Gasteiger charge is -2.45. The van der Waals surface area contributed by atoms with Crippen molar-refractivity contribution in [1.29, 1.82) is 0 Å². The fourth-order valence-electron chi connectivity index (χ4n) is 4.03. The standard InChI is InChI=1S/C29H49N3O5/c1-11-13-14-18-30-25(34)23(21-17-15-16-20(5)24(21)33)32(29(9,10)12-2)26(35)22(19(3)4)31-27(36)37-28(6,7)8/h15-17,19,22-23,33H,11-14,18H2,1-10H3,(H,30,34)(H,31,36). The maximum absolute atomic E-state index is 14.3. The third-order valence-corrected chi connectivity index (χ3v) is 6.51. The van der Waals surface area contributed by atoms with Gasteiger partial charge in [-0.25, -0.2) is 4.79 Å². The third kappa shape index (κ3) is 9.24. The highest BCUT2D eigenvalue weighted by Crippen LogP contribution is 2.37. The highest BCUT2D eigenvalue weighted by molar-refractivity contribution is 5.93. The summed E-state index contributed by atoms with van der Waals surface area (Å²) in [5.41, 5.74) is -0.551. The van der Waals surface area contributed by atoms with E-state index in [1.54, 1.807) is 45.9 Å². The topological polar surface area (TPSA) is 108 Å². The van der Waals surface area contributed by atoms with Gasteiger partial charge in [0.1, 0.15) is 23.4 Å². The second-order valence-corrected chi connectivity index (χ2v) is 11.7. The van der Waals surface area contributed by atoms with Gasteiger partial charge in [0, 0.05) is 17.6 Å². The first-order chi connectivity index (χ1) is 17.1. The van der Waals surface area contributed by atoms with Gasteiger partial charge in [0.2, 0.25) is 11.8 Å². The summed E-state index contributed by atoms with van der Waals surface area (Å²) >= 11 is 0. The van der Waals surface area contributed by atoms with Gasteiger partial charge < -0.3 is 25.4 Å². The Kier molecular flexibility index (Phi) is 11.9. The lowest BCUT2D eigenvalue weighted by Crippen LogP contribution is -2.60. The summed E-state index contributed by atoms with van der Waals surface area (Å²) < 4.78 is 5.42. The van der Waals surface area contributed by atoms with Crippen molar-refractivity contribution in [3.63, 3.8) is 0 Å². The predicted molar refractivity (Wildman–Crippen MR) is 147 cm³/mol. The van der Waals surface area contributed by atoms with Gasteiger partial charge in [0.25, 0.3) is 0 Å². The molecule has 2 unspecified atom stereocenters. The zero-order chi connectivity index (χ0) is 28.6. The van der Waals surface area contributed by atoms with Gasteiger partial charge in [-0.05, 0) is 65.9 Å². The molecule has 8 nitrogen and oxygen atoms in total. The van der Waals surface area contributed by atoms with Gasteiger partial charge in [-0.2, -0.15) is 0 Å². The molecule has 0 aromatic heterocycles. The van der Waals surface area contributed by atoms with Crippen LogP contribution >= 0.6 is 0 Å². The first kappa shape index (κ1) is 32.3. The number of carbonyl (C=O) groups excluding carboxylic acids is 3. The molecular formula is C29H49N3O5. The second kappa shape index (κ2) is 13.7. The summed E-state index contributed by atoms with van der Waals surface area (Å²) in [5, 5.41) is 16.7. The number of aromatic hydroxyl groups is 1. The van der Waals surface area contributed by atoms with Crippen LogP contribution in [0.1, 0.15) is 105 Å². The lowest BCUT2D eigenvalue weighted by molar-refractivity contribution is -0.150. The number of aryl methyl sites for hydroxylation is 1. The van der Waals surface area contributed by atoms with Gasteiger partial charge >= 0.3 is 6.09 Å². The van der Waals surface area contributed by atoms with Gasteiger partial charge in [-0.3, -0.25) is 9.59 Å². The van der Waals surface area contributed by atoms with Crippen LogP contribution in [0, 0.1) is 12.8 Å². The molecule has 1 rings (SSSR count). The number of alkyl carbamates (subject to hydrolysis) is 1. The fraction of sp³-hybridized carbons (Fsp3) is 0.690. The van der Waals surface area contributed by atoms with Crippen LogP contribution in [0.3, 0.4) is 0 Å². The second-order valence-electron chi connectivity index (χ2n) is 11.7. The summed E-state index contributed by atoms with van der Waals surface area (Å²) in [7, 11) is 0. The smallest absolute Gasteiger partial charge is 0.408 e. The molecule has 1 aromatic carbocycles. The minimum atomic E-state index is -1.09. The number of hydrogen-bond donors (Lipinski definition) is 3. The van der Waals surface area contributed by atoms with Crippen LogP contribution in [-0.4, -0.2) is 51.6 Å². The average Bonchev–Trinajstić information content (AvgIpc) is 2.78. The normalized spacial score (nSPS) is 13.6. The molecule has 3 N–H and O–H groups in total. The molecule has 0 aliphatic rings. The maximum atomic E-state index is 14.3. The van der Waals surface area contributed by atoms with Gasteiger partial charge in [-0.15, -0.1) is 0 Å². The van der Waals surface area contributed by atoms with Crippen molar-refractivity contribution >= 4 is 17.9 Å². The number of unbranched alkanes of at least 4 members (excludes halogenated alkanes) is 2. The monoisotopic (exact) mass is 519 g/mol. The van der Waals surface area contributed by atoms with Gasteiger partial charge in [0.05, 0.1) is 0 Å². The minimum absolute atomic E-state index is 0.0258. The number of nitrogens with zero attached hydrogens (tertiary/aromatic N) is 1. The summed E-state index contributed by atoms with van der Waals surface area (Å²) in [6.07, 6.45) is 2.64. The van der Waals surface area contributed by atoms with Gasteiger partial charge in [0.15, 0.2) is 0 Å². The first-order valence-electron chi connectivity index (χ1n) is 13.5. The van der Waals surface area contributed by atoms with Crippen molar-refractivity contribution in [3.8, 4) is 5.75 Å². The number of hydrogen-bond acceptors (Lipinski definition) is 5. The Labute approximate surface area is 223 Å². The van der Waals surface area contributed by atoms with Crippen molar-refractivity contribution in [2.75, 3.05) is 6.54 Å². The fourth-order valence-corrected chi connectivity index (χ4v) is 4.03. The van der Waals surface area contributed by atoms with E-state index in [0.717, 1.165) is 19.3 Å². The molecular weight excluding hydrogens is 470 g/mol. The third-order valence-electron chi connectivity index (χ3n) is 6.51. The highest BCUT2D eigenvalue weighted by atomic mass is 16.6. The predicted octanol–water partition coefficient (Wildman–Crippen LogP) is 5.61. The van der Waals surface area contributed by atoms with E-state index in [9.17, 15) is 19.5 Å². The number of ether oxygens (including phenoxy) is 1. The van der Waals surface area contributed by atoms with E-state index in [0.29, 0.717) is 24.1 Å². The largest absolute Gasteiger partial charge is 0.507 e. The summed E-state index contributed by atoms with van der Waals surface area (Å²) in [5.74, 6) is -1.09. The molecule has 1 aromatic rings. The van der Waals surface area contributed by atoms with E-state index >= 15 is 0 Å². The van der Waals surface area contributed by atoms with Gasteiger partial charge in [-0.1, -0.05) is 58.7 Å². The molecule has 0 heterocycles. The summed E-state index contributed by atoms with van der Waals surface area (Å²) in [6, 6.07) is 3.17. The van der Waals surface area contributed by atoms with Crippen LogP contribution in [0.5, 0.6) is 5.75 Å². The van der Waals surface area contributed by atoms with Crippen LogP contribution < -0.4 is 10.6 Å². The molecule has 2 atom stereocenters. The zero-order valence-electron chi connectivity index (χ0n) is 24.5. The molecule has 37 heavy (non-hydrogen) atoms. The molecule has 0 aliphatic carbocycles. The number of para-hydroxylation sites is 1. The van der Waals surface area contributed by atoms with E-state index in [1.165, 1.54) is 4.90 Å². The number of phenolic OH excluding ortho intramolecular Hbond substituents is 1. The first-order valence-corrected chi connectivity index (χ1v) is 13.5. The van der Waals surface area contributed by atoms with Crippen LogP contribution in [0.2, 0.25) is 0 Å². The Bertz CT molecular complexity index is 921. The van der Waals surface area contributed by atoms with Crippen molar-refractivity contribution < 1.29 is 24.2 Å². The van der Waals surface area contributed by atoms with Crippen molar-refractivity contribution in [3.05, 3.63) is 29.3 Å². The number of benzene rings is 1. The molecule has 0 bridgehead atoms. The van der Waals surface area contributed by atoms with Crippen molar-refractivity contribution in [2.45, 2.75) is 118 Å². The Balaban J connectivity index is 3.63. The highest BCUT2D eigenvalue weighted by Gasteiger charge is 2.44. The van der Waals surface area contributed by atoms with Crippen LogP contribution in [-0.2, 0) is 14.3 Å². The number of carbonyl (C=O) groups is 3. The average molecular weight is 520 g/mol. The molecule has 8 heteroatoms.